The molecule has 0 heterocycles. The predicted molar refractivity (Wildman–Crippen MR) is 55.3 cm³/mol. The summed E-state index contributed by atoms with van der Waals surface area (Å²) >= 11 is 0. The quantitative estimate of drug-likeness (QED) is 0.412. The second-order valence-corrected chi connectivity index (χ2v) is 1.78. The summed E-state index contributed by atoms with van der Waals surface area (Å²) in [4.78, 5) is 0. The van der Waals surface area contributed by atoms with E-state index in [9.17, 15) is 0 Å². The van der Waals surface area contributed by atoms with Crippen molar-refractivity contribution in [3.63, 3.8) is 0 Å². The molecule has 0 aromatic rings. The molecule has 0 spiro atoms. The van der Waals surface area contributed by atoms with Gasteiger partial charge < -0.3 is 12.0 Å². The maximum atomic E-state index is 8.29. The first-order valence-corrected chi connectivity index (χ1v) is 3.73. The van der Waals surface area contributed by atoms with Gasteiger partial charge in [0.05, 0.1) is 0 Å². The van der Waals surface area contributed by atoms with Gasteiger partial charge >= 0.3 is 23.1 Å². The molecule has 0 aliphatic carbocycles. The molecular weight excluding hydrogens is 172 g/mol. The van der Waals surface area contributed by atoms with Gasteiger partial charge in [0, 0.05) is 6.61 Å². The molecule has 0 unspecified atom stereocenters. The van der Waals surface area contributed by atoms with Crippen molar-refractivity contribution < 1.29 is 5.11 Å². The third kappa shape index (κ3) is 35.6. The fraction of sp³-hybridized carbons (Fsp3) is 0.875. The van der Waals surface area contributed by atoms with Crippen molar-refractivity contribution in [2.24, 2.45) is 0 Å². The molecule has 0 saturated carbocycles. The zero-order valence-electron chi connectivity index (χ0n) is 7.81. The first-order valence-electron chi connectivity index (χ1n) is 3.73. The van der Waals surface area contributed by atoms with Crippen LogP contribution >= 0.6 is 12.4 Å². The van der Waals surface area contributed by atoms with Crippen molar-refractivity contribution in [3.05, 3.63) is 6.92 Å². The number of aliphatic hydroxyl groups excluding tert-OH is 1. The maximum absolute atomic E-state index is 8.29. The summed E-state index contributed by atoms with van der Waals surface area (Å²) in [5, 5.41) is 8.29. The molecule has 1 N–H and O–H groups in total. The monoisotopic (exact) mass is 191 g/mol. The molecule has 0 atom stereocenters. The maximum Gasteiger partial charge on any atom is 2.00 e. The Labute approximate surface area is 93.5 Å². The minimum absolute atomic E-state index is 0. The van der Waals surface area contributed by atoms with Gasteiger partial charge in [-0.3, -0.25) is 0 Å². The molecule has 66 valence electrons. The number of unbranched alkanes of at least 4 members (excludes halogenated alkanes) is 3. The van der Waals surface area contributed by atoms with Gasteiger partial charge in [0.25, 0.3) is 0 Å². The Morgan fingerprint density at radius 1 is 1.09 bits per heavy atom. The largest absolute Gasteiger partial charge is 2.00 e. The molecule has 0 bridgehead atoms. The van der Waals surface area contributed by atoms with E-state index in [4.69, 9.17) is 5.11 Å². The van der Waals surface area contributed by atoms with Crippen LogP contribution in [0, 0.1) is 6.92 Å². The summed E-state index contributed by atoms with van der Waals surface area (Å²) in [6.45, 7) is 7.53. The second kappa shape index (κ2) is 30.5. The predicted octanol–water partition coefficient (Wildman–Crippen LogP) is 2.44. The Morgan fingerprint density at radius 3 is 1.82 bits per heavy atom. The summed E-state index contributed by atoms with van der Waals surface area (Å²) in [5.41, 5.74) is 0. The molecule has 0 aromatic carbocycles. The Kier molecular flexibility index (Phi) is 63.0. The molecule has 0 aliphatic rings. The molecule has 1 nitrogen and oxygen atoms in total. The van der Waals surface area contributed by atoms with Crippen LogP contribution in [0.3, 0.4) is 0 Å². The van der Waals surface area contributed by atoms with Crippen molar-refractivity contribution >= 4 is 35.5 Å². The zero-order valence-corrected chi connectivity index (χ0v) is 10.0. The summed E-state index contributed by atoms with van der Waals surface area (Å²) in [6, 6.07) is 0. The SMILES string of the molecule is CCCCCCO.Cl.[CH2-]C.[Mg+2]. The van der Waals surface area contributed by atoms with Crippen molar-refractivity contribution in [2.75, 3.05) is 6.61 Å². The fourth-order valence-electron chi connectivity index (χ4n) is 0.539. The van der Waals surface area contributed by atoms with Crippen LogP contribution in [0.15, 0.2) is 0 Å². The molecule has 0 aromatic heterocycles. The standard InChI is InChI=1S/C6H14O.C2H5.ClH.Mg/c1-2-3-4-5-6-7;1-2;;/h7H,2-6H2,1H3;1H2,2H3;1H;/q;-1;;+2. The minimum Gasteiger partial charge on any atom is -0.396 e. The molecule has 11 heavy (non-hydrogen) atoms. The van der Waals surface area contributed by atoms with Crippen molar-refractivity contribution in [3.8, 4) is 0 Å². The van der Waals surface area contributed by atoms with Gasteiger partial charge in [0.1, 0.15) is 0 Å². The normalized spacial score (nSPS) is 6.55. The number of hydrogen-bond donors (Lipinski definition) is 1. The first-order chi connectivity index (χ1) is 4.41. The van der Waals surface area contributed by atoms with E-state index in [1.54, 1.807) is 6.92 Å². The van der Waals surface area contributed by atoms with Gasteiger partial charge in [0.15, 0.2) is 0 Å². The van der Waals surface area contributed by atoms with Crippen molar-refractivity contribution in [2.45, 2.75) is 39.5 Å². The molecule has 0 aliphatic heterocycles. The van der Waals surface area contributed by atoms with Crippen LogP contribution in [0.1, 0.15) is 39.5 Å². The Hall–Kier alpha value is 1.02. The summed E-state index contributed by atoms with van der Waals surface area (Å²) in [5.74, 6) is 0. The summed E-state index contributed by atoms with van der Waals surface area (Å²) < 4.78 is 0. The number of aliphatic hydroxyl groups is 1. The van der Waals surface area contributed by atoms with Gasteiger partial charge in [-0.25, -0.2) is 0 Å². The van der Waals surface area contributed by atoms with Gasteiger partial charge in [-0.1, -0.05) is 26.2 Å². The fourth-order valence-corrected chi connectivity index (χ4v) is 0.539. The van der Waals surface area contributed by atoms with E-state index < -0.39 is 0 Å². The van der Waals surface area contributed by atoms with Gasteiger partial charge in [-0.15, -0.1) is 12.4 Å². The van der Waals surface area contributed by atoms with Crippen LogP contribution in [0.25, 0.3) is 0 Å². The van der Waals surface area contributed by atoms with E-state index in [-0.39, 0.29) is 35.5 Å². The number of hydrogen-bond acceptors (Lipinski definition) is 1. The van der Waals surface area contributed by atoms with Crippen LogP contribution < -0.4 is 0 Å². The van der Waals surface area contributed by atoms with E-state index in [0.29, 0.717) is 6.61 Å². The van der Waals surface area contributed by atoms with Crippen LogP contribution in [0.4, 0.5) is 0 Å². The summed E-state index contributed by atoms with van der Waals surface area (Å²) in [6.07, 6.45) is 4.68. The van der Waals surface area contributed by atoms with E-state index in [2.05, 4.69) is 13.8 Å². The summed E-state index contributed by atoms with van der Waals surface area (Å²) in [7, 11) is 0. The third-order valence-electron chi connectivity index (χ3n) is 1.01. The van der Waals surface area contributed by atoms with Gasteiger partial charge in [-0.05, 0) is 6.42 Å². The van der Waals surface area contributed by atoms with Gasteiger partial charge in [0.2, 0.25) is 0 Å². The Bertz CT molecular complexity index is 33.3. The minimum atomic E-state index is 0. The van der Waals surface area contributed by atoms with Crippen LogP contribution in [0.5, 0.6) is 0 Å². The molecule has 0 amide bonds. The van der Waals surface area contributed by atoms with Crippen LogP contribution in [-0.4, -0.2) is 34.8 Å². The van der Waals surface area contributed by atoms with E-state index >= 15 is 0 Å². The average molecular weight is 192 g/mol. The number of rotatable bonds is 4. The molecule has 0 rings (SSSR count). The molecule has 0 fully saturated rings. The molecule has 0 radical (unpaired) electrons. The van der Waals surface area contributed by atoms with E-state index in [1.165, 1.54) is 19.3 Å². The number of halogens is 1. The topological polar surface area (TPSA) is 20.2 Å². The third-order valence-corrected chi connectivity index (χ3v) is 1.01. The Morgan fingerprint density at radius 2 is 1.55 bits per heavy atom. The zero-order chi connectivity index (χ0) is 7.54. The molecule has 0 saturated heterocycles. The van der Waals surface area contributed by atoms with Crippen molar-refractivity contribution in [1.29, 1.82) is 0 Å². The Balaban J connectivity index is -0.0000000564. The smallest absolute Gasteiger partial charge is 0.396 e. The second-order valence-electron chi connectivity index (χ2n) is 1.78. The van der Waals surface area contributed by atoms with Crippen LogP contribution in [-0.2, 0) is 0 Å². The van der Waals surface area contributed by atoms with E-state index in [1.807, 2.05) is 0 Å². The molecular formula is C8H20ClMgO+. The van der Waals surface area contributed by atoms with Crippen LogP contribution in [0.2, 0.25) is 0 Å². The van der Waals surface area contributed by atoms with Gasteiger partial charge in [-0.2, -0.15) is 6.92 Å². The average Bonchev–Trinajstić information content (AvgIpc) is 1.94. The van der Waals surface area contributed by atoms with Crippen molar-refractivity contribution in [1.82, 2.24) is 0 Å². The first kappa shape index (κ1) is 22.7. The molecule has 3 heteroatoms. The van der Waals surface area contributed by atoms with E-state index in [0.717, 1.165) is 6.42 Å².